The molecule has 2 aromatic rings. The average molecular weight is 283 g/mol. The van der Waals surface area contributed by atoms with E-state index in [1.54, 1.807) is 24.3 Å². The first-order chi connectivity index (χ1) is 9.62. The maximum absolute atomic E-state index is 11.0. The van der Waals surface area contributed by atoms with Crippen molar-refractivity contribution in [3.05, 3.63) is 30.0 Å². The molecular weight excluding hydrogens is 274 g/mol. The molecule has 0 spiro atoms. The average Bonchev–Trinajstić information content (AvgIpc) is 2.80. The lowest BCUT2D eigenvalue weighted by Crippen LogP contribution is -2.04. The predicted octanol–water partition coefficient (Wildman–Crippen LogP) is 2.60. The van der Waals surface area contributed by atoms with E-state index in [0.29, 0.717) is 10.8 Å². The number of carbonyl (C=O) groups excluding carboxylic acids is 1. The van der Waals surface area contributed by atoms with Crippen LogP contribution in [0.4, 0.5) is 10.8 Å². The lowest BCUT2D eigenvalue weighted by molar-refractivity contribution is -0.114. The van der Waals surface area contributed by atoms with Crippen LogP contribution in [0.3, 0.4) is 0 Å². The first kappa shape index (κ1) is 13.5. The van der Waals surface area contributed by atoms with Crippen LogP contribution in [0.1, 0.15) is 6.92 Å². The predicted molar refractivity (Wildman–Crippen MR) is 76.9 cm³/mol. The second kappa shape index (κ2) is 5.83. The molecule has 1 heterocycles. The van der Waals surface area contributed by atoms with Gasteiger partial charge < -0.3 is 10.6 Å². The highest BCUT2D eigenvalue weighted by Gasteiger charge is 2.05. The third-order valence-corrected chi connectivity index (χ3v) is 3.25. The summed E-state index contributed by atoms with van der Waals surface area (Å²) in [6.07, 6.45) is 1.34. The molecule has 2 rings (SSSR count). The van der Waals surface area contributed by atoms with E-state index in [2.05, 4.69) is 15.6 Å². The number of thiazole rings is 1. The van der Waals surface area contributed by atoms with Crippen molar-refractivity contribution < 1.29 is 4.79 Å². The topological polar surface area (TPSA) is 102 Å². The molecule has 0 atom stereocenters. The summed E-state index contributed by atoms with van der Waals surface area (Å²) < 4.78 is 0.934. The minimum atomic E-state index is -0.168. The van der Waals surface area contributed by atoms with Gasteiger partial charge in [-0.05, 0) is 18.2 Å². The first-order valence-corrected chi connectivity index (χ1v) is 6.39. The Morgan fingerprint density at radius 1 is 1.40 bits per heavy atom. The van der Waals surface area contributed by atoms with E-state index >= 15 is 0 Å². The summed E-state index contributed by atoms with van der Waals surface area (Å²) in [6, 6.07) is 8.96. The van der Waals surface area contributed by atoms with Gasteiger partial charge in [0, 0.05) is 18.8 Å². The number of rotatable bonds is 3. The van der Waals surface area contributed by atoms with Crippen LogP contribution in [0.15, 0.2) is 30.0 Å². The van der Waals surface area contributed by atoms with Gasteiger partial charge in [0.1, 0.15) is 17.7 Å². The minimum absolute atomic E-state index is 0.0117. The zero-order valence-corrected chi connectivity index (χ0v) is 11.3. The summed E-state index contributed by atoms with van der Waals surface area (Å²) in [5.74, 6) is -0.168. The van der Waals surface area contributed by atoms with Gasteiger partial charge in [-0.15, -0.1) is 0 Å². The van der Waals surface area contributed by atoms with E-state index < -0.39 is 0 Å². The fourth-order valence-electron chi connectivity index (χ4n) is 1.47. The monoisotopic (exact) mass is 283 g/mol. The number of fused-ring (bicyclic) bond motifs is 1. The molecule has 0 aliphatic rings. The molecule has 0 saturated carbocycles. The molecule has 0 radical (unpaired) electrons. The van der Waals surface area contributed by atoms with Crippen molar-refractivity contribution in [1.82, 2.24) is 4.98 Å². The molecule has 0 aliphatic carbocycles. The summed E-state index contributed by atoms with van der Waals surface area (Å²) >= 11 is 1.38. The van der Waals surface area contributed by atoms with Crippen molar-refractivity contribution in [2.24, 2.45) is 0 Å². The van der Waals surface area contributed by atoms with E-state index in [4.69, 9.17) is 10.5 Å². The van der Waals surface area contributed by atoms with Gasteiger partial charge in [-0.25, -0.2) is 4.98 Å². The minimum Gasteiger partial charge on any atom is -0.360 e. The molecule has 98 valence electrons. The van der Waals surface area contributed by atoms with Crippen LogP contribution in [0, 0.1) is 22.7 Å². The van der Waals surface area contributed by atoms with E-state index in [9.17, 15) is 4.79 Å². The summed E-state index contributed by atoms with van der Waals surface area (Å²) in [5.41, 5.74) is 1.43. The zero-order valence-electron chi connectivity index (χ0n) is 10.5. The largest absolute Gasteiger partial charge is 0.360 e. The molecule has 0 saturated heterocycles. The number of aromatic nitrogens is 1. The molecule has 20 heavy (non-hydrogen) atoms. The van der Waals surface area contributed by atoms with Crippen LogP contribution >= 0.6 is 11.3 Å². The fourth-order valence-corrected chi connectivity index (χ4v) is 2.36. The maximum atomic E-state index is 11.0. The SMILES string of the molecule is CC(=O)Nc1nc2cc(NC=C(C#N)C#N)ccc2s1. The normalized spacial score (nSPS) is 9.35. The summed E-state index contributed by atoms with van der Waals surface area (Å²) in [7, 11) is 0. The van der Waals surface area contributed by atoms with Gasteiger partial charge in [0.15, 0.2) is 5.13 Å². The lowest BCUT2D eigenvalue weighted by Gasteiger charge is -1.99. The third-order valence-electron chi connectivity index (χ3n) is 2.29. The standard InChI is InChI=1S/C13H9N5OS/c1-8(19)17-13-18-11-4-10(2-3-12(11)20-13)16-7-9(5-14)6-15/h2-4,7,16H,1H3,(H,17,18,19). The number of amides is 1. The molecule has 1 amide bonds. The number of anilines is 2. The van der Waals surface area contributed by atoms with Gasteiger partial charge in [-0.1, -0.05) is 11.3 Å². The Morgan fingerprint density at radius 2 is 2.15 bits per heavy atom. The molecule has 0 aliphatic heterocycles. The molecule has 1 aromatic heterocycles. The molecule has 0 fully saturated rings. The summed E-state index contributed by atoms with van der Waals surface area (Å²) in [5, 5.41) is 23.3. The van der Waals surface area contributed by atoms with E-state index in [1.807, 2.05) is 6.07 Å². The summed E-state index contributed by atoms with van der Waals surface area (Å²) in [6.45, 7) is 1.43. The summed E-state index contributed by atoms with van der Waals surface area (Å²) in [4.78, 5) is 15.3. The van der Waals surface area contributed by atoms with Gasteiger partial charge in [0.2, 0.25) is 5.91 Å². The molecule has 1 aromatic carbocycles. The van der Waals surface area contributed by atoms with Crippen molar-refractivity contribution in [1.29, 1.82) is 10.5 Å². The number of hydrogen-bond acceptors (Lipinski definition) is 6. The second-order valence-electron chi connectivity index (χ2n) is 3.81. The number of allylic oxidation sites excluding steroid dienone is 1. The number of nitrogens with zero attached hydrogens (tertiary/aromatic N) is 3. The van der Waals surface area contributed by atoms with Crippen LogP contribution in [-0.2, 0) is 4.79 Å². The number of hydrogen-bond donors (Lipinski definition) is 2. The van der Waals surface area contributed by atoms with Crippen molar-refractivity contribution in [2.75, 3.05) is 10.6 Å². The molecular formula is C13H9N5OS. The molecule has 6 nitrogen and oxygen atoms in total. The van der Waals surface area contributed by atoms with Crippen molar-refractivity contribution in [3.63, 3.8) is 0 Å². The maximum Gasteiger partial charge on any atom is 0.223 e. The Bertz CT molecular complexity index is 762. The zero-order chi connectivity index (χ0) is 14.5. The second-order valence-corrected chi connectivity index (χ2v) is 4.84. The smallest absolute Gasteiger partial charge is 0.223 e. The Labute approximate surface area is 119 Å². The Morgan fingerprint density at radius 3 is 2.80 bits per heavy atom. The Balaban J connectivity index is 2.26. The van der Waals surface area contributed by atoms with Crippen LogP contribution in [0.5, 0.6) is 0 Å². The van der Waals surface area contributed by atoms with E-state index in [1.165, 1.54) is 24.5 Å². The number of benzene rings is 1. The Hall–Kier alpha value is -2.90. The number of nitriles is 2. The van der Waals surface area contributed by atoms with Crippen LogP contribution in [0.2, 0.25) is 0 Å². The van der Waals surface area contributed by atoms with E-state index in [0.717, 1.165) is 10.2 Å². The van der Waals surface area contributed by atoms with Crippen LogP contribution < -0.4 is 10.6 Å². The molecule has 2 N–H and O–H groups in total. The van der Waals surface area contributed by atoms with Gasteiger partial charge >= 0.3 is 0 Å². The number of nitrogens with one attached hydrogen (secondary N) is 2. The van der Waals surface area contributed by atoms with Gasteiger partial charge in [0.25, 0.3) is 0 Å². The third kappa shape index (κ3) is 3.10. The highest BCUT2D eigenvalue weighted by molar-refractivity contribution is 7.22. The van der Waals surface area contributed by atoms with Crippen LogP contribution in [-0.4, -0.2) is 10.9 Å². The Kier molecular flexibility index (Phi) is 3.94. The van der Waals surface area contributed by atoms with E-state index in [-0.39, 0.29) is 11.5 Å². The highest BCUT2D eigenvalue weighted by atomic mass is 32.1. The molecule has 0 bridgehead atoms. The van der Waals surface area contributed by atoms with Crippen molar-refractivity contribution in [3.8, 4) is 12.1 Å². The quantitative estimate of drug-likeness (QED) is 0.843. The highest BCUT2D eigenvalue weighted by Crippen LogP contribution is 2.28. The van der Waals surface area contributed by atoms with Gasteiger partial charge in [0.05, 0.1) is 10.2 Å². The molecule has 7 heteroatoms. The van der Waals surface area contributed by atoms with Crippen molar-refractivity contribution in [2.45, 2.75) is 6.92 Å². The van der Waals surface area contributed by atoms with Crippen molar-refractivity contribution >= 4 is 38.3 Å². The van der Waals surface area contributed by atoms with Gasteiger partial charge in [-0.3, -0.25) is 4.79 Å². The fraction of sp³-hybridized carbons (Fsp3) is 0.0769. The number of carbonyl (C=O) groups is 1. The lowest BCUT2D eigenvalue weighted by atomic mass is 10.3. The first-order valence-electron chi connectivity index (χ1n) is 5.57. The van der Waals surface area contributed by atoms with Gasteiger partial charge in [-0.2, -0.15) is 10.5 Å². The van der Waals surface area contributed by atoms with Crippen LogP contribution in [0.25, 0.3) is 10.2 Å². The molecule has 0 unspecified atom stereocenters.